The van der Waals surface area contributed by atoms with E-state index in [0.717, 1.165) is 18.5 Å². The Balaban J connectivity index is 0.00000208. The van der Waals surface area contributed by atoms with Gasteiger partial charge >= 0.3 is 0 Å². The zero-order valence-corrected chi connectivity index (χ0v) is 15.1. The molecule has 1 atom stereocenters. The minimum Gasteiger partial charge on any atom is -0.308 e. The van der Waals surface area contributed by atoms with Crippen LogP contribution in [-0.2, 0) is 22.9 Å². The fraction of sp³-hybridized carbons (Fsp3) is 0.333. The van der Waals surface area contributed by atoms with Crippen LogP contribution in [0.4, 0.5) is 0 Å². The van der Waals surface area contributed by atoms with Gasteiger partial charge in [0.25, 0.3) is 0 Å². The van der Waals surface area contributed by atoms with E-state index in [4.69, 9.17) is 0 Å². The van der Waals surface area contributed by atoms with Crippen molar-refractivity contribution < 1.29 is 8.42 Å². The number of aryl methyl sites for hydroxylation is 1. The fourth-order valence-corrected chi connectivity index (χ4v) is 4.02. The van der Waals surface area contributed by atoms with Crippen molar-refractivity contribution in [2.75, 3.05) is 18.8 Å². The van der Waals surface area contributed by atoms with Gasteiger partial charge in [0.15, 0.2) is 0 Å². The van der Waals surface area contributed by atoms with E-state index in [2.05, 4.69) is 22.2 Å². The van der Waals surface area contributed by atoms with Gasteiger partial charge in [0.05, 0.1) is 5.75 Å². The lowest BCUT2D eigenvalue weighted by atomic mass is 9.95. The highest BCUT2D eigenvalue weighted by Crippen LogP contribution is 2.22. The monoisotopic (exact) mass is 366 g/mol. The molecule has 1 heterocycles. The van der Waals surface area contributed by atoms with Crippen LogP contribution in [0.25, 0.3) is 0 Å². The molecule has 2 N–H and O–H groups in total. The maximum atomic E-state index is 12.2. The molecule has 6 heteroatoms. The molecule has 0 fully saturated rings. The van der Waals surface area contributed by atoms with Crippen LogP contribution >= 0.6 is 12.4 Å². The Bertz CT molecular complexity index is 751. The topological polar surface area (TPSA) is 58.2 Å². The first kappa shape index (κ1) is 18.9. The molecule has 130 valence electrons. The molecular weight excluding hydrogens is 344 g/mol. The van der Waals surface area contributed by atoms with Crippen molar-refractivity contribution in [1.29, 1.82) is 0 Å². The Morgan fingerprint density at radius 2 is 1.75 bits per heavy atom. The van der Waals surface area contributed by atoms with Crippen molar-refractivity contribution in [2.45, 2.75) is 18.9 Å². The van der Waals surface area contributed by atoms with Crippen molar-refractivity contribution in [3.63, 3.8) is 0 Å². The molecule has 1 aliphatic heterocycles. The van der Waals surface area contributed by atoms with Crippen molar-refractivity contribution >= 4 is 22.4 Å². The Morgan fingerprint density at radius 1 is 1.04 bits per heavy atom. The summed E-state index contributed by atoms with van der Waals surface area (Å²) in [6.07, 6.45) is 1.53. The van der Waals surface area contributed by atoms with Gasteiger partial charge in [-0.15, -0.1) is 12.4 Å². The maximum Gasteiger partial charge on any atom is 0.211 e. The molecular formula is C18H23ClN2O2S. The number of nitrogens with one attached hydrogen (secondary N) is 2. The number of hydrogen-bond donors (Lipinski definition) is 2. The maximum absolute atomic E-state index is 12.2. The number of benzene rings is 2. The summed E-state index contributed by atoms with van der Waals surface area (Å²) in [6, 6.07) is 18.0. The third kappa shape index (κ3) is 5.05. The number of sulfonamides is 1. The Hall–Kier alpha value is -1.40. The fourth-order valence-electron chi connectivity index (χ4n) is 2.95. The molecule has 0 amide bonds. The van der Waals surface area contributed by atoms with E-state index in [0.29, 0.717) is 13.0 Å². The molecule has 3 rings (SSSR count). The number of rotatable bonds is 6. The van der Waals surface area contributed by atoms with Crippen molar-refractivity contribution in [3.8, 4) is 0 Å². The lowest BCUT2D eigenvalue weighted by molar-refractivity contribution is 0.491. The van der Waals surface area contributed by atoms with Gasteiger partial charge in [-0.25, -0.2) is 13.1 Å². The average molecular weight is 367 g/mol. The van der Waals surface area contributed by atoms with E-state index < -0.39 is 10.0 Å². The highest BCUT2D eigenvalue weighted by atomic mass is 35.5. The molecule has 0 radical (unpaired) electrons. The SMILES string of the molecule is Cl.O=S(=O)(CCc1ccccc1)NCC1NCCc2ccccc21. The first-order valence-corrected chi connectivity index (χ1v) is 9.62. The highest BCUT2D eigenvalue weighted by molar-refractivity contribution is 7.89. The van der Waals surface area contributed by atoms with E-state index in [1.807, 2.05) is 42.5 Å². The molecule has 2 aromatic carbocycles. The van der Waals surface area contributed by atoms with Gasteiger partial charge in [-0.2, -0.15) is 0 Å². The molecule has 0 aromatic heterocycles. The van der Waals surface area contributed by atoms with Gasteiger partial charge in [-0.3, -0.25) is 0 Å². The molecule has 0 saturated carbocycles. The molecule has 4 nitrogen and oxygen atoms in total. The summed E-state index contributed by atoms with van der Waals surface area (Å²) in [4.78, 5) is 0. The van der Waals surface area contributed by atoms with Crippen molar-refractivity contribution in [1.82, 2.24) is 10.0 Å². The van der Waals surface area contributed by atoms with Crippen LogP contribution < -0.4 is 10.0 Å². The Morgan fingerprint density at radius 3 is 2.54 bits per heavy atom. The highest BCUT2D eigenvalue weighted by Gasteiger charge is 2.21. The average Bonchev–Trinajstić information content (AvgIpc) is 2.59. The Labute approximate surface area is 150 Å². The summed E-state index contributed by atoms with van der Waals surface area (Å²) in [5.74, 6) is 0.116. The van der Waals surface area contributed by atoms with Crippen LogP contribution in [-0.4, -0.2) is 27.3 Å². The second kappa shape index (κ2) is 8.62. The van der Waals surface area contributed by atoms with E-state index in [1.165, 1.54) is 11.1 Å². The minimum atomic E-state index is -3.27. The lowest BCUT2D eigenvalue weighted by Crippen LogP contribution is -2.39. The van der Waals surface area contributed by atoms with Crippen LogP contribution in [0.5, 0.6) is 0 Å². The molecule has 0 bridgehead atoms. The molecule has 0 aliphatic carbocycles. The van der Waals surface area contributed by atoms with E-state index in [9.17, 15) is 8.42 Å². The van der Waals surface area contributed by atoms with Gasteiger partial charge < -0.3 is 5.32 Å². The molecule has 24 heavy (non-hydrogen) atoms. The first-order chi connectivity index (χ1) is 11.1. The summed E-state index contributed by atoms with van der Waals surface area (Å²) >= 11 is 0. The molecule has 0 spiro atoms. The minimum absolute atomic E-state index is 0. The zero-order valence-electron chi connectivity index (χ0n) is 13.4. The standard InChI is InChI=1S/C18H22N2O2S.ClH/c21-23(22,13-11-15-6-2-1-3-7-15)20-14-18-17-9-5-4-8-16(17)10-12-19-18;/h1-9,18-20H,10-14H2;1H. The quantitative estimate of drug-likeness (QED) is 0.825. The van der Waals surface area contributed by atoms with Crippen molar-refractivity contribution in [3.05, 3.63) is 71.3 Å². The van der Waals surface area contributed by atoms with Gasteiger partial charge in [0.1, 0.15) is 0 Å². The Kier molecular flexibility index (Phi) is 6.80. The van der Waals surface area contributed by atoms with Crippen LogP contribution in [0.1, 0.15) is 22.7 Å². The van der Waals surface area contributed by atoms with Gasteiger partial charge in [-0.05, 0) is 36.1 Å². The number of hydrogen-bond acceptors (Lipinski definition) is 3. The normalized spacial score (nSPS) is 16.9. The summed E-state index contributed by atoms with van der Waals surface area (Å²) in [7, 11) is -3.27. The van der Waals surface area contributed by atoms with Crippen LogP contribution in [0.15, 0.2) is 54.6 Å². The zero-order chi connectivity index (χ0) is 16.1. The summed E-state index contributed by atoms with van der Waals surface area (Å²) in [5.41, 5.74) is 3.54. The molecule has 0 saturated heterocycles. The van der Waals surface area contributed by atoms with Crippen LogP contribution in [0.2, 0.25) is 0 Å². The second-order valence-corrected chi connectivity index (χ2v) is 7.78. The second-order valence-electron chi connectivity index (χ2n) is 5.86. The summed E-state index contributed by atoms with van der Waals surface area (Å²) in [6.45, 7) is 1.28. The lowest BCUT2D eigenvalue weighted by Gasteiger charge is -2.27. The smallest absolute Gasteiger partial charge is 0.211 e. The number of halogens is 1. The van der Waals surface area contributed by atoms with Crippen LogP contribution in [0, 0.1) is 0 Å². The van der Waals surface area contributed by atoms with Gasteiger partial charge in [-0.1, -0.05) is 54.6 Å². The third-order valence-electron chi connectivity index (χ3n) is 4.23. The predicted molar refractivity (Wildman–Crippen MR) is 100 cm³/mol. The summed E-state index contributed by atoms with van der Waals surface area (Å²) in [5, 5.41) is 3.39. The molecule has 2 aromatic rings. The van der Waals surface area contributed by atoms with E-state index in [-0.39, 0.29) is 24.2 Å². The first-order valence-electron chi connectivity index (χ1n) is 7.96. The van der Waals surface area contributed by atoms with Crippen LogP contribution in [0.3, 0.4) is 0 Å². The van der Waals surface area contributed by atoms with E-state index in [1.54, 1.807) is 0 Å². The molecule has 1 aliphatic rings. The van der Waals surface area contributed by atoms with Gasteiger partial charge in [0, 0.05) is 12.6 Å². The van der Waals surface area contributed by atoms with E-state index >= 15 is 0 Å². The largest absolute Gasteiger partial charge is 0.308 e. The third-order valence-corrected chi connectivity index (χ3v) is 5.57. The van der Waals surface area contributed by atoms with Gasteiger partial charge in [0.2, 0.25) is 10.0 Å². The summed E-state index contributed by atoms with van der Waals surface area (Å²) < 4.78 is 27.2. The number of fused-ring (bicyclic) bond motifs is 1. The molecule has 1 unspecified atom stereocenters. The predicted octanol–water partition coefficient (Wildman–Crippen LogP) is 2.46. The van der Waals surface area contributed by atoms with Crippen molar-refractivity contribution in [2.24, 2.45) is 0 Å².